The largest absolute Gasteiger partial charge is 0.334 e. The number of amides is 2. The van der Waals surface area contributed by atoms with Gasteiger partial charge in [-0.15, -0.1) is 0 Å². The quantitative estimate of drug-likeness (QED) is 0.608. The fourth-order valence-corrected chi connectivity index (χ4v) is 4.77. The molecule has 0 saturated heterocycles. The molecule has 2 amide bonds. The van der Waals surface area contributed by atoms with Gasteiger partial charge in [0.05, 0.1) is 22.5 Å². The molecule has 172 valence electrons. The molecule has 8 heteroatoms. The summed E-state index contributed by atoms with van der Waals surface area (Å²) in [6.45, 7) is 6.76. The van der Waals surface area contributed by atoms with Crippen LogP contribution in [0.5, 0.6) is 0 Å². The molecule has 0 atom stereocenters. The lowest BCUT2D eigenvalue weighted by atomic mass is 9.86. The Labute approximate surface area is 193 Å². The van der Waals surface area contributed by atoms with Crippen molar-refractivity contribution in [3.05, 3.63) is 77.2 Å². The molecule has 2 heterocycles. The second-order valence-corrected chi connectivity index (χ2v) is 11.1. The van der Waals surface area contributed by atoms with Gasteiger partial charge in [0.15, 0.2) is 9.84 Å². The summed E-state index contributed by atoms with van der Waals surface area (Å²) in [6, 6.07) is 12.8. The number of aromatic nitrogens is 1. The summed E-state index contributed by atoms with van der Waals surface area (Å²) in [5.41, 5.74) is 4.67. The normalized spacial score (nSPS) is 14.8. The van der Waals surface area contributed by atoms with Crippen molar-refractivity contribution >= 4 is 21.6 Å². The summed E-state index contributed by atoms with van der Waals surface area (Å²) in [4.78, 5) is 19.5. The first-order valence-electron chi connectivity index (χ1n) is 10.6. The average Bonchev–Trinajstić information content (AvgIpc) is 3.02. The molecule has 1 N–H and O–H groups in total. The fourth-order valence-electron chi connectivity index (χ4n) is 4.14. The predicted molar refractivity (Wildman–Crippen MR) is 127 cm³/mol. The maximum Gasteiger partial charge on any atom is 0.322 e. The highest BCUT2D eigenvalue weighted by atomic mass is 32.2. The van der Waals surface area contributed by atoms with Crippen molar-refractivity contribution < 1.29 is 17.6 Å². The van der Waals surface area contributed by atoms with Crippen LogP contribution in [0.25, 0.3) is 11.3 Å². The maximum absolute atomic E-state index is 13.5. The molecular weight excluding hydrogens is 441 g/mol. The van der Waals surface area contributed by atoms with Crippen molar-refractivity contribution in [2.24, 2.45) is 0 Å². The number of aryl methyl sites for hydroxylation is 1. The zero-order valence-electron chi connectivity index (χ0n) is 19.0. The van der Waals surface area contributed by atoms with Crippen LogP contribution in [0, 0.1) is 12.7 Å². The number of hydrogen-bond acceptors (Lipinski definition) is 4. The van der Waals surface area contributed by atoms with Crippen LogP contribution in [-0.2, 0) is 21.8 Å². The predicted octanol–water partition coefficient (Wildman–Crippen LogP) is 4.61. The van der Waals surface area contributed by atoms with Gasteiger partial charge in [-0.25, -0.2) is 17.6 Å². The Hall–Kier alpha value is -3.26. The lowest BCUT2D eigenvalue weighted by molar-refractivity contribution is 0.245. The number of benzene rings is 2. The highest BCUT2D eigenvalue weighted by molar-refractivity contribution is 7.90. The number of carbonyl (C=O) groups is 1. The molecule has 33 heavy (non-hydrogen) atoms. The zero-order valence-corrected chi connectivity index (χ0v) is 19.8. The number of nitrogens with one attached hydrogen (secondary N) is 1. The highest BCUT2D eigenvalue weighted by Gasteiger charge is 2.38. The van der Waals surface area contributed by atoms with E-state index in [1.165, 1.54) is 24.3 Å². The van der Waals surface area contributed by atoms with Crippen LogP contribution in [-0.4, -0.2) is 32.2 Å². The number of anilines is 1. The molecule has 0 unspecified atom stereocenters. The number of sulfone groups is 1. The molecule has 1 aliphatic rings. The fraction of sp³-hybridized carbons (Fsp3) is 0.280. The number of halogens is 1. The van der Waals surface area contributed by atoms with E-state index in [1.807, 2.05) is 13.0 Å². The molecule has 4 rings (SSSR count). The van der Waals surface area contributed by atoms with E-state index in [-0.39, 0.29) is 28.7 Å². The third-order valence-corrected chi connectivity index (χ3v) is 7.09. The summed E-state index contributed by atoms with van der Waals surface area (Å²) >= 11 is 0. The van der Waals surface area contributed by atoms with Crippen molar-refractivity contribution in [3.63, 3.8) is 0 Å². The molecule has 1 aliphatic heterocycles. The zero-order chi connectivity index (χ0) is 24.0. The van der Waals surface area contributed by atoms with E-state index in [1.54, 1.807) is 29.3 Å². The lowest BCUT2D eigenvalue weighted by Gasteiger charge is -2.21. The summed E-state index contributed by atoms with van der Waals surface area (Å²) in [6.07, 6.45) is 2.86. The number of pyridine rings is 1. The minimum atomic E-state index is -3.26. The van der Waals surface area contributed by atoms with E-state index in [2.05, 4.69) is 24.1 Å². The Balaban J connectivity index is 1.54. The molecule has 0 fully saturated rings. The average molecular weight is 468 g/mol. The minimum Gasteiger partial charge on any atom is -0.334 e. The standard InChI is InChI=1S/C25H26FN3O3S/c1-16-11-18(26)7-10-20(16)22-12-21-23(14-27-22)29(15-25(21,2)3)24(30)28-13-17-5-8-19(9-6-17)33(4,31)32/h5-12,14H,13,15H2,1-4H3,(H,28,30). The van der Waals surface area contributed by atoms with Gasteiger partial charge in [-0.1, -0.05) is 26.0 Å². The number of hydrogen-bond donors (Lipinski definition) is 1. The number of rotatable bonds is 4. The molecule has 0 saturated carbocycles. The molecule has 0 spiro atoms. The van der Waals surface area contributed by atoms with Crippen molar-refractivity contribution in [1.29, 1.82) is 0 Å². The van der Waals surface area contributed by atoms with Gasteiger partial charge < -0.3 is 5.32 Å². The van der Waals surface area contributed by atoms with Gasteiger partial charge >= 0.3 is 6.03 Å². The molecule has 2 aromatic carbocycles. The van der Waals surface area contributed by atoms with Crippen molar-refractivity contribution in [2.45, 2.75) is 37.6 Å². The van der Waals surface area contributed by atoms with Gasteiger partial charge in [-0.2, -0.15) is 0 Å². The second-order valence-electron chi connectivity index (χ2n) is 9.09. The van der Waals surface area contributed by atoms with Gasteiger partial charge in [0.25, 0.3) is 0 Å². The third-order valence-electron chi connectivity index (χ3n) is 5.96. The van der Waals surface area contributed by atoms with Crippen molar-refractivity contribution in [2.75, 3.05) is 17.7 Å². The SMILES string of the molecule is Cc1cc(F)ccc1-c1cc2c(cn1)N(C(=O)NCc1ccc(S(C)(=O)=O)cc1)CC2(C)C. The molecule has 3 aromatic rings. The van der Waals surface area contributed by atoms with E-state index in [0.29, 0.717) is 6.54 Å². The van der Waals surface area contributed by atoms with Gasteiger partial charge in [0.1, 0.15) is 5.82 Å². The van der Waals surface area contributed by atoms with Crippen LogP contribution in [0.3, 0.4) is 0 Å². The Morgan fingerprint density at radius 3 is 2.48 bits per heavy atom. The van der Waals surface area contributed by atoms with Crippen molar-refractivity contribution in [3.8, 4) is 11.3 Å². The monoisotopic (exact) mass is 467 g/mol. The van der Waals surface area contributed by atoms with E-state index in [0.717, 1.165) is 39.9 Å². The maximum atomic E-state index is 13.5. The summed E-state index contributed by atoms with van der Waals surface area (Å²) in [5.74, 6) is -0.286. The van der Waals surface area contributed by atoms with Crippen LogP contribution in [0.4, 0.5) is 14.9 Å². The van der Waals surface area contributed by atoms with Gasteiger partial charge in [0.2, 0.25) is 0 Å². The molecule has 0 radical (unpaired) electrons. The third kappa shape index (κ3) is 4.61. The van der Waals surface area contributed by atoms with Crippen molar-refractivity contribution in [1.82, 2.24) is 10.3 Å². The van der Waals surface area contributed by atoms with Crippen LogP contribution in [0.1, 0.15) is 30.5 Å². The second kappa shape index (κ2) is 8.26. The number of urea groups is 1. The first kappa shape index (κ1) is 22.9. The van der Waals surface area contributed by atoms with E-state index in [4.69, 9.17) is 0 Å². The Kier molecular flexibility index (Phi) is 5.74. The summed E-state index contributed by atoms with van der Waals surface area (Å²) in [5, 5.41) is 2.91. The number of fused-ring (bicyclic) bond motifs is 1. The van der Waals surface area contributed by atoms with E-state index in [9.17, 15) is 17.6 Å². The Morgan fingerprint density at radius 2 is 1.85 bits per heavy atom. The van der Waals surface area contributed by atoms with Crippen LogP contribution >= 0.6 is 0 Å². The minimum absolute atomic E-state index is 0.242. The Bertz CT molecular complexity index is 1340. The number of carbonyl (C=O) groups excluding carboxylic acids is 1. The summed E-state index contributed by atoms with van der Waals surface area (Å²) in [7, 11) is -3.26. The van der Waals surface area contributed by atoms with Gasteiger partial charge in [-0.3, -0.25) is 9.88 Å². The lowest BCUT2D eigenvalue weighted by Crippen LogP contribution is -2.41. The van der Waals surface area contributed by atoms with Crippen LogP contribution in [0.15, 0.2) is 59.6 Å². The molecule has 0 aliphatic carbocycles. The highest BCUT2D eigenvalue weighted by Crippen LogP contribution is 2.41. The smallest absolute Gasteiger partial charge is 0.322 e. The molecular formula is C25H26FN3O3S. The van der Waals surface area contributed by atoms with E-state index >= 15 is 0 Å². The van der Waals surface area contributed by atoms with Crippen LogP contribution < -0.4 is 10.2 Å². The summed E-state index contributed by atoms with van der Waals surface area (Å²) < 4.78 is 36.7. The first-order chi connectivity index (χ1) is 15.5. The van der Waals surface area contributed by atoms with E-state index < -0.39 is 9.84 Å². The molecule has 1 aromatic heterocycles. The number of nitrogens with zero attached hydrogens (tertiary/aromatic N) is 2. The van der Waals surface area contributed by atoms with Gasteiger partial charge in [0, 0.05) is 30.3 Å². The molecule has 0 bridgehead atoms. The first-order valence-corrected chi connectivity index (χ1v) is 12.5. The van der Waals surface area contributed by atoms with Gasteiger partial charge in [-0.05, 0) is 60.0 Å². The molecule has 6 nitrogen and oxygen atoms in total. The van der Waals surface area contributed by atoms with Crippen LogP contribution in [0.2, 0.25) is 0 Å². The Morgan fingerprint density at radius 1 is 1.15 bits per heavy atom. The topological polar surface area (TPSA) is 79.4 Å².